The van der Waals surface area contributed by atoms with Crippen LogP contribution in [0.4, 0.5) is 0 Å². The Labute approximate surface area is 133 Å². The van der Waals surface area contributed by atoms with Crippen LogP contribution >= 0.6 is 0 Å². The van der Waals surface area contributed by atoms with E-state index in [2.05, 4.69) is 4.98 Å². The smallest absolute Gasteiger partial charge is 0.289 e. The number of carbonyl (C=O) groups excluding carboxylic acids is 1. The number of rotatable bonds is 3. The van der Waals surface area contributed by atoms with Crippen LogP contribution < -0.4 is 4.74 Å². The fourth-order valence-corrected chi connectivity index (χ4v) is 2.71. The Morgan fingerprint density at radius 1 is 1.26 bits per heavy atom. The number of para-hydroxylation sites is 1. The Bertz CT molecular complexity index is 832. The standard InChI is InChI=1S/C18H16N2O3/c1-12-8-14(6-7-19-12)22-15-10-20(11-15)18(21)17-9-13-4-2-3-5-16(13)23-17/h2-9,15H,10-11H2,1H3. The molecule has 0 radical (unpaired) electrons. The van der Waals surface area contributed by atoms with E-state index in [-0.39, 0.29) is 12.0 Å². The summed E-state index contributed by atoms with van der Waals surface area (Å²) in [5, 5.41) is 0.941. The van der Waals surface area contributed by atoms with E-state index in [1.165, 1.54) is 0 Å². The molecule has 0 N–H and O–H groups in total. The second-order valence-corrected chi connectivity index (χ2v) is 5.73. The van der Waals surface area contributed by atoms with Crippen molar-refractivity contribution in [2.75, 3.05) is 13.1 Å². The normalized spacial score (nSPS) is 14.7. The van der Waals surface area contributed by atoms with Crippen LogP contribution in [0.2, 0.25) is 0 Å². The molecule has 0 bridgehead atoms. The number of furan rings is 1. The summed E-state index contributed by atoms with van der Waals surface area (Å²) in [6, 6.07) is 13.1. The zero-order valence-corrected chi connectivity index (χ0v) is 12.7. The molecule has 2 aromatic heterocycles. The lowest BCUT2D eigenvalue weighted by molar-refractivity contribution is 0.0156. The van der Waals surface area contributed by atoms with Gasteiger partial charge in [-0.15, -0.1) is 0 Å². The minimum absolute atomic E-state index is 0.0186. The first-order chi connectivity index (χ1) is 11.2. The topological polar surface area (TPSA) is 55.6 Å². The van der Waals surface area contributed by atoms with Gasteiger partial charge in [-0.1, -0.05) is 18.2 Å². The number of amides is 1. The molecule has 5 heteroatoms. The Balaban J connectivity index is 1.40. The van der Waals surface area contributed by atoms with E-state index in [1.807, 2.05) is 43.3 Å². The third-order valence-corrected chi connectivity index (χ3v) is 3.94. The highest BCUT2D eigenvalue weighted by Crippen LogP contribution is 2.23. The Kier molecular flexibility index (Phi) is 3.26. The van der Waals surface area contributed by atoms with Crippen molar-refractivity contribution in [3.8, 4) is 5.75 Å². The van der Waals surface area contributed by atoms with Gasteiger partial charge in [0.1, 0.15) is 17.4 Å². The van der Waals surface area contributed by atoms with Crippen molar-refractivity contribution in [1.29, 1.82) is 0 Å². The molecule has 1 aliphatic rings. The lowest BCUT2D eigenvalue weighted by Gasteiger charge is -2.38. The van der Waals surface area contributed by atoms with Crippen molar-refractivity contribution in [3.05, 3.63) is 60.1 Å². The zero-order chi connectivity index (χ0) is 15.8. The van der Waals surface area contributed by atoms with Crippen molar-refractivity contribution in [3.63, 3.8) is 0 Å². The SMILES string of the molecule is Cc1cc(OC2CN(C(=O)c3cc4ccccc4o3)C2)ccn1. The predicted molar refractivity (Wildman–Crippen MR) is 85.5 cm³/mol. The number of hydrogen-bond donors (Lipinski definition) is 0. The predicted octanol–water partition coefficient (Wildman–Crippen LogP) is 3.04. The van der Waals surface area contributed by atoms with Crippen LogP contribution in [0, 0.1) is 6.92 Å². The van der Waals surface area contributed by atoms with Crippen LogP contribution in [0.15, 0.2) is 53.1 Å². The van der Waals surface area contributed by atoms with Crippen LogP contribution in [-0.4, -0.2) is 35.0 Å². The number of hydrogen-bond acceptors (Lipinski definition) is 4. The Morgan fingerprint density at radius 3 is 2.87 bits per heavy atom. The van der Waals surface area contributed by atoms with Gasteiger partial charge in [0.15, 0.2) is 5.76 Å². The molecule has 1 saturated heterocycles. The molecule has 5 nitrogen and oxygen atoms in total. The summed E-state index contributed by atoms with van der Waals surface area (Å²) in [6.45, 7) is 3.06. The number of nitrogens with zero attached hydrogens (tertiary/aromatic N) is 2. The van der Waals surface area contributed by atoms with Crippen molar-refractivity contribution in [2.24, 2.45) is 0 Å². The summed E-state index contributed by atoms with van der Waals surface area (Å²) in [5.41, 5.74) is 1.65. The molecule has 0 atom stereocenters. The molecule has 3 aromatic rings. The van der Waals surface area contributed by atoms with Crippen LogP contribution in [0.1, 0.15) is 16.2 Å². The van der Waals surface area contributed by atoms with Gasteiger partial charge in [-0.25, -0.2) is 0 Å². The minimum atomic E-state index is -0.0908. The molecule has 0 unspecified atom stereocenters. The van der Waals surface area contributed by atoms with Crippen LogP contribution in [0.25, 0.3) is 11.0 Å². The van der Waals surface area contributed by atoms with Gasteiger partial charge in [0.05, 0.1) is 13.1 Å². The molecule has 0 aliphatic carbocycles. The summed E-state index contributed by atoms with van der Waals surface area (Å²) in [7, 11) is 0. The lowest BCUT2D eigenvalue weighted by atomic mass is 10.1. The molecule has 3 heterocycles. The molecule has 1 aliphatic heterocycles. The summed E-state index contributed by atoms with van der Waals surface area (Å²) in [4.78, 5) is 18.3. The Morgan fingerprint density at radius 2 is 2.09 bits per heavy atom. The first-order valence-corrected chi connectivity index (χ1v) is 7.56. The number of carbonyl (C=O) groups is 1. The molecule has 0 spiro atoms. The number of aromatic nitrogens is 1. The minimum Gasteiger partial charge on any atom is -0.487 e. The first-order valence-electron chi connectivity index (χ1n) is 7.56. The summed E-state index contributed by atoms with van der Waals surface area (Å²) < 4.78 is 11.5. The summed E-state index contributed by atoms with van der Waals surface area (Å²) in [6.07, 6.45) is 1.74. The van der Waals surface area contributed by atoms with Gasteiger partial charge in [-0.3, -0.25) is 9.78 Å². The second kappa shape index (κ2) is 5.43. The number of likely N-dealkylation sites (tertiary alicyclic amines) is 1. The number of benzene rings is 1. The van der Waals surface area contributed by atoms with Crippen molar-refractivity contribution < 1.29 is 13.9 Å². The molecule has 1 amide bonds. The highest BCUT2D eigenvalue weighted by Gasteiger charge is 2.34. The van der Waals surface area contributed by atoms with E-state index in [0.717, 1.165) is 22.4 Å². The zero-order valence-electron chi connectivity index (χ0n) is 12.7. The molecule has 1 fully saturated rings. The first kappa shape index (κ1) is 13.8. The van der Waals surface area contributed by atoms with Crippen LogP contribution in [-0.2, 0) is 0 Å². The fraction of sp³-hybridized carbons (Fsp3) is 0.222. The van der Waals surface area contributed by atoms with Crippen molar-refractivity contribution >= 4 is 16.9 Å². The highest BCUT2D eigenvalue weighted by molar-refractivity contribution is 5.96. The van der Waals surface area contributed by atoms with Gasteiger partial charge in [0, 0.05) is 23.3 Å². The van der Waals surface area contributed by atoms with Gasteiger partial charge in [-0.2, -0.15) is 0 Å². The lowest BCUT2D eigenvalue weighted by Crippen LogP contribution is -2.56. The van der Waals surface area contributed by atoms with Crippen LogP contribution in [0.3, 0.4) is 0 Å². The van der Waals surface area contributed by atoms with E-state index < -0.39 is 0 Å². The summed E-state index contributed by atoms with van der Waals surface area (Å²) >= 11 is 0. The van der Waals surface area contributed by atoms with E-state index >= 15 is 0 Å². The quantitative estimate of drug-likeness (QED) is 0.746. The van der Waals surface area contributed by atoms with Crippen LogP contribution in [0.5, 0.6) is 5.75 Å². The van der Waals surface area contributed by atoms with Crippen molar-refractivity contribution in [2.45, 2.75) is 13.0 Å². The molecule has 0 saturated carbocycles. The van der Waals surface area contributed by atoms with Gasteiger partial charge in [-0.05, 0) is 25.1 Å². The molecule has 23 heavy (non-hydrogen) atoms. The maximum Gasteiger partial charge on any atom is 0.289 e. The van der Waals surface area contributed by atoms with Gasteiger partial charge in [0.2, 0.25) is 0 Å². The van der Waals surface area contributed by atoms with Gasteiger partial charge in [0.25, 0.3) is 5.91 Å². The maximum atomic E-state index is 12.4. The number of ether oxygens (including phenoxy) is 1. The monoisotopic (exact) mass is 308 g/mol. The van der Waals surface area contributed by atoms with E-state index in [9.17, 15) is 4.79 Å². The molecule has 1 aromatic carbocycles. The number of aryl methyl sites for hydroxylation is 1. The number of fused-ring (bicyclic) bond motifs is 1. The Hall–Kier alpha value is -2.82. The summed E-state index contributed by atoms with van der Waals surface area (Å²) in [5.74, 6) is 1.08. The van der Waals surface area contributed by atoms with E-state index in [0.29, 0.717) is 18.8 Å². The third-order valence-electron chi connectivity index (χ3n) is 3.94. The maximum absolute atomic E-state index is 12.4. The van der Waals surface area contributed by atoms with E-state index in [1.54, 1.807) is 17.2 Å². The van der Waals surface area contributed by atoms with E-state index in [4.69, 9.17) is 9.15 Å². The largest absolute Gasteiger partial charge is 0.487 e. The van der Waals surface area contributed by atoms with Gasteiger partial charge >= 0.3 is 0 Å². The van der Waals surface area contributed by atoms with Gasteiger partial charge < -0.3 is 14.1 Å². The fourth-order valence-electron chi connectivity index (χ4n) is 2.71. The highest BCUT2D eigenvalue weighted by atomic mass is 16.5. The molecule has 4 rings (SSSR count). The second-order valence-electron chi connectivity index (χ2n) is 5.73. The average molecular weight is 308 g/mol. The number of pyridine rings is 1. The molecular weight excluding hydrogens is 292 g/mol. The molecular formula is C18H16N2O3. The molecule has 116 valence electrons. The average Bonchev–Trinajstić information content (AvgIpc) is 2.94. The third kappa shape index (κ3) is 2.65. The van der Waals surface area contributed by atoms with Crippen molar-refractivity contribution in [1.82, 2.24) is 9.88 Å².